The second-order valence-corrected chi connectivity index (χ2v) is 4.91. The van der Waals surface area contributed by atoms with E-state index in [4.69, 9.17) is 19.9 Å². The van der Waals surface area contributed by atoms with Crippen LogP contribution in [-0.4, -0.2) is 33.5 Å². The number of para-hydroxylation sites is 2. The summed E-state index contributed by atoms with van der Waals surface area (Å²) in [6.45, 7) is 2.98. The van der Waals surface area contributed by atoms with Gasteiger partial charge >= 0.3 is 0 Å². The highest BCUT2D eigenvalue weighted by atomic mass is 16.5. The van der Waals surface area contributed by atoms with E-state index in [0.717, 1.165) is 37.6 Å². The average molecular weight is 265 g/mol. The summed E-state index contributed by atoms with van der Waals surface area (Å²) in [6, 6.07) is 7.71. The zero-order chi connectivity index (χ0) is 13.5. The molecule has 1 saturated heterocycles. The van der Waals surface area contributed by atoms with Crippen LogP contribution in [0.2, 0.25) is 0 Å². The molecule has 1 fully saturated rings. The molecule has 0 aromatic heterocycles. The van der Waals surface area contributed by atoms with Gasteiger partial charge in [0.15, 0.2) is 11.5 Å². The smallest absolute Gasteiger partial charge is 0.161 e. The van der Waals surface area contributed by atoms with Gasteiger partial charge in [-0.2, -0.15) is 0 Å². The average Bonchev–Trinajstić information content (AvgIpc) is 2.49. The van der Waals surface area contributed by atoms with Crippen molar-refractivity contribution < 1.29 is 14.2 Å². The van der Waals surface area contributed by atoms with Crippen molar-refractivity contribution in [2.24, 2.45) is 17.6 Å². The summed E-state index contributed by atoms with van der Waals surface area (Å²) in [7, 11) is 1.65. The highest BCUT2D eigenvalue weighted by Gasteiger charge is 2.23. The molecule has 0 bridgehead atoms. The molecule has 0 radical (unpaired) electrons. The highest BCUT2D eigenvalue weighted by molar-refractivity contribution is 5.39. The van der Waals surface area contributed by atoms with E-state index >= 15 is 0 Å². The standard InChI is InChI=1S/C15H23NO3/c1-17-14-4-2-3-5-15(14)19-11-13(10-16)12-6-8-18-9-7-12/h2-5,12-13H,6-11,16H2,1H3. The van der Waals surface area contributed by atoms with Gasteiger partial charge in [-0.3, -0.25) is 0 Å². The van der Waals surface area contributed by atoms with Crippen LogP contribution in [-0.2, 0) is 4.74 Å². The Bertz CT molecular complexity index is 377. The fourth-order valence-electron chi connectivity index (χ4n) is 2.52. The van der Waals surface area contributed by atoms with Gasteiger partial charge in [0.1, 0.15) is 0 Å². The van der Waals surface area contributed by atoms with Crippen molar-refractivity contribution in [2.45, 2.75) is 12.8 Å². The molecule has 1 unspecified atom stereocenters. The van der Waals surface area contributed by atoms with E-state index in [-0.39, 0.29) is 0 Å². The molecule has 0 spiro atoms. The lowest BCUT2D eigenvalue weighted by atomic mass is 9.86. The Hall–Kier alpha value is -1.26. The van der Waals surface area contributed by atoms with Gasteiger partial charge in [-0.25, -0.2) is 0 Å². The van der Waals surface area contributed by atoms with Gasteiger partial charge in [-0.05, 0) is 37.4 Å². The molecule has 4 nitrogen and oxygen atoms in total. The predicted molar refractivity (Wildman–Crippen MR) is 74.6 cm³/mol. The lowest BCUT2D eigenvalue weighted by Gasteiger charge is -2.29. The zero-order valence-electron chi connectivity index (χ0n) is 11.5. The second-order valence-electron chi connectivity index (χ2n) is 4.91. The molecule has 106 valence electrons. The third-order valence-electron chi connectivity index (χ3n) is 3.76. The third-order valence-corrected chi connectivity index (χ3v) is 3.76. The molecule has 0 amide bonds. The summed E-state index contributed by atoms with van der Waals surface area (Å²) >= 11 is 0. The molecule has 1 heterocycles. The molecule has 4 heteroatoms. The molecule has 1 aromatic rings. The minimum absolute atomic E-state index is 0.383. The zero-order valence-corrected chi connectivity index (χ0v) is 11.5. The van der Waals surface area contributed by atoms with Crippen molar-refractivity contribution in [3.05, 3.63) is 24.3 Å². The minimum Gasteiger partial charge on any atom is -0.493 e. The number of hydrogen-bond acceptors (Lipinski definition) is 4. The molecular formula is C15H23NO3. The Balaban J connectivity index is 1.91. The second kappa shape index (κ2) is 7.36. The SMILES string of the molecule is COc1ccccc1OCC(CN)C1CCOCC1. The summed E-state index contributed by atoms with van der Waals surface area (Å²) in [5.41, 5.74) is 5.89. The molecule has 1 aliphatic rings. The number of nitrogens with two attached hydrogens (primary N) is 1. The first kappa shape index (κ1) is 14.2. The highest BCUT2D eigenvalue weighted by Crippen LogP contribution is 2.28. The molecule has 1 aromatic carbocycles. The summed E-state index contributed by atoms with van der Waals surface area (Å²) in [6.07, 6.45) is 2.16. The van der Waals surface area contributed by atoms with E-state index in [1.165, 1.54) is 0 Å². The quantitative estimate of drug-likeness (QED) is 0.855. The Morgan fingerprint density at radius 3 is 2.58 bits per heavy atom. The van der Waals surface area contributed by atoms with Gasteiger partial charge < -0.3 is 19.9 Å². The van der Waals surface area contributed by atoms with Gasteiger partial charge in [-0.15, -0.1) is 0 Å². The molecule has 1 aliphatic heterocycles. The van der Waals surface area contributed by atoms with Crippen molar-refractivity contribution in [3.63, 3.8) is 0 Å². The van der Waals surface area contributed by atoms with Crippen LogP contribution in [0.3, 0.4) is 0 Å². The number of benzene rings is 1. The van der Waals surface area contributed by atoms with Gasteiger partial charge in [0, 0.05) is 19.1 Å². The summed E-state index contributed by atoms with van der Waals surface area (Å²) in [4.78, 5) is 0. The minimum atomic E-state index is 0.383. The molecule has 19 heavy (non-hydrogen) atoms. The third kappa shape index (κ3) is 3.85. The summed E-state index contributed by atoms with van der Waals surface area (Å²) < 4.78 is 16.6. The van der Waals surface area contributed by atoms with Crippen LogP contribution in [0.4, 0.5) is 0 Å². The van der Waals surface area contributed by atoms with Gasteiger partial charge in [0.25, 0.3) is 0 Å². The molecule has 1 atom stereocenters. The van der Waals surface area contributed by atoms with E-state index in [1.807, 2.05) is 24.3 Å². The van der Waals surface area contributed by atoms with Crippen LogP contribution in [0.15, 0.2) is 24.3 Å². The fourth-order valence-corrected chi connectivity index (χ4v) is 2.52. The van der Waals surface area contributed by atoms with Gasteiger partial charge in [0.2, 0.25) is 0 Å². The summed E-state index contributed by atoms with van der Waals surface area (Å²) in [5, 5.41) is 0. The predicted octanol–water partition coefficient (Wildman–Crippen LogP) is 2.08. The van der Waals surface area contributed by atoms with Crippen molar-refractivity contribution >= 4 is 0 Å². The van der Waals surface area contributed by atoms with Crippen LogP contribution in [0, 0.1) is 11.8 Å². The first-order valence-corrected chi connectivity index (χ1v) is 6.88. The normalized spacial score (nSPS) is 18.0. The largest absolute Gasteiger partial charge is 0.493 e. The molecule has 2 N–H and O–H groups in total. The van der Waals surface area contributed by atoms with Crippen LogP contribution < -0.4 is 15.2 Å². The number of hydrogen-bond donors (Lipinski definition) is 1. The molecule has 0 aliphatic carbocycles. The lowest BCUT2D eigenvalue weighted by molar-refractivity contribution is 0.0379. The van der Waals surface area contributed by atoms with E-state index in [0.29, 0.717) is 25.0 Å². The van der Waals surface area contributed by atoms with Crippen LogP contribution in [0.25, 0.3) is 0 Å². The maximum absolute atomic E-state index is 5.89. The Morgan fingerprint density at radius 1 is 1.26 bits per heavy atom. The molecular weight excluding hydrogens is 242 g/mol. The van der Waals surface area contributed by atoms with Crippen molar-refractivity contribution in [2.75, 3.05) is 33.5 Å². The van der Waals surface area contributed by atoms with Gasteiger partial charge in [-0.1, -0.05) is 12.1 Å². The van der Waals surface area contributed by atoms with E-state index < -0.39 is 0 Å². The summed E-state index contributed by atoms with van der Waals surface area (Å²) in [5.74, 6) is 2.54. The fraction of sp³-hybridized carbons (Fsp3) is 0.600. The van der Waals surface area contributed by atoms with Crippen LogP contribution >= 0.6 is 0 Å². The first-order chi connectivity index (χ1) is 9.35. The first-order valence-electron chi connectivity index (χ1n) is 6.88. The van der Waals surface area contributed by atoms with Crippen LogP contribution in [0.1, 0.15) is 12.8 Å². The lowest BCUT2D eigenvalue weighted by Crippen LogP contribution is -2.32. The Labute approximate surface area is 114 Å². The van der Waals surface area contributed by atoms with Crippen LogP contribution in [0.5, 0.6) is 11.5 Å². The maximum Gasteiger partial charge on any atom is 0.161 e. The van der Waals surface area contributed by atoms with Crippen molar-refractivity contribution in [1.29, 1.82) is 0 Å². The maximum atomic E-state index is 5.89. The Morgan fingerprint density at radius 2 is 1.95 bits per heavy atom. The molecule has 0 saturated carbocycles. The van der Waals surface area contributed by atoms with E-state index in [1.54, 1.807) is 7.11 Å². The monoisotopic (exact) mass is 265 g/mol. The number of rotatable bonds is 6. The number of methoxy groups -OCH3 is 1. The van der Waals surface area contributed by atoms with Crippen molar-refractivity contribution in [1.82, 2.24) is 0 Å². The molecule has 2 rings (SSSR count). The number of ether oxygens (including phenoxy) is 3. The van der Waals surface area contributed by atoms with E-state index in [2.05, 4.69) is 0 Å². The van der Waals surface area contributed by atoms with Crippen molar-refractivity contribution in [3.8, 4) is 11.5 Å². The Kier molecular flexibility index (Phi) is 5.48. The topological polar surface area (TPSA) is 53.7 Å². The van der Waals surface area contributed by atoms with Gasteiger partial charge in [0.05, 0.1) is 13.7 Å². The van der Waals surface area contributed by atoms with E-state index in [9.17, 15) is 0 Å².